The Bertz CT molecular complexity index is 1240. The van der Waals surface area contributed by atoms with Gasteiger partial charge >= 0.3 is 5.69 Å². The van der Waals surface area contributed by atoms with E-state index in [0.29, 0.717) is 23.3 Å². The molecule has 0 atom stereocenters. The number of aromatic nitrogens is 3. The van der Waals surface area contributed by atoms with Crippen molar-refractivity contribution < 1.29 is 4.74 Å². The summed E-state index contributed by atoms with van der Waals surface area (Å²) in [6.07, 6.45) is 1.59. The maximum Gasteiger partial charge on any atom is 0.333 e. The maximum absolute atomic E-state index is 13.2. The van der Waals surface area contributed by atoms with E-state index in [0.717, 1.165) is 11.1 Å². The van der Waals surface area contributed by atoms with Crippen LogP contribution in [0, 0.1) is 0 Å². The molecule has 0 fully saturated rings. The van der Waals surface area contributed by atoms with E-state index < -0.39 is 0 Å². The number of fused-ring (bicyclic) bond motifs is 1. The second-order valence-electron chi connectivity index (χ2n) is 6.47. The monoisotopic (exact) mass is 373 g/mol. The molecule has 0 saturated heterocycles. The zero-order valence-electron chi connectivity index (χ0n) is 15.4. The summed E-state index contributed by atoms with van der Waals surface area (Å²) in [6, 6.07) is 20.4. The summed E-state index contributed by atoms with van der Waals surface area (Å²) in [6.45, 7) is 0.500. The Hall–Kier alpha value is -3.67. The van der Waals surface area contributed by atoms with Crippen LogP contribution in [0.2, 0.25) is 0 Å². The second kappa shape index (κ2) is 7.52. The molecule has 2 aromatic heterocycles. The van der Waals surface area contributed by atoms with Crippen LogP contribution in [0.25, 0.3) is 11.0 Å². The Balaban J connectivity index is 1.89. The minimum absolute atomic E-state index is 0.210. The Morgan fingerprint density at radius 3 is 2.39 bits per heavy atom. The molecule has 4 aromatic rings. The van der Waals surface area contributed by atoms with Gasteiger partial charge in [0.1, 0.15) is 11.4 Å². The van der Waals surface area contributed by atoms with Crippen molar-refractivity contribution in [2.24, 2.45) is 0 Å². The number of hydrogen-bond acceptors (Lipinski definition) is 4. The summed E-state index contributed by atoms with van der Waals surface area (Å²) >= 11 is 0. The van der Waals surface area contributed by atoms with Crippen LogP contribution in [0.4, 0.5) is 0 Å². The molecule has 0 aliphatic rings. The van der Waals surface area contributed by atoms with Crippen molar-refractivity contribution in [2.45, 2.75) is 13.1 Å². The number of hydrogen-bond donors (Lipinski definition) is 0. The quantitative estimate of drug-likeness (QED) is 0.539. The van der Waals surface area contributed by atoms with Crippen molar-refractivity contribution >= 4 is 11.0 Å². The van der Waals surface area contributed by atoms with Gasteiger partial charge in [0.25, 0.3) is 5.56 Å². The highest BCUT2D eigenvalue weighted by atomic mass is 16.5. The third-order valence-corrected chi connectivity index (χ3v) is 4.64. The van der Waals surface area contributed by atoms with Gasteiger partial charge < -0.3 is 4.74 Å². The smallest absolute Gasteiger partial charge is 0.333 e. The van der Waals surface area contributed by atoms with E-state index in [1.54, 1.807) is 25.4 Å². The van der Waals surface area contributed by atoms with Gasteiger partial charge in [-0.25, -0.2) is 9.78 Å². The SMILES string of the molecule is COc1cccc(Cn2c(=O)n(Cc3ccccc3)c(=O)c3cccnc32)c1. The standard InChI is InChI=1S/C22H19N3O3/c1-28-18-10-5-9-17(13-18)15-24-20-19(11-6-12-23-20)21(26)25(22(24)27)14-16-7-3-2-4-8-16/h2-13H,14-15H2,1H3. The maximum atomic E-state index is 13.2. The normalized spacial score (nSPS) is 10.9. The van der Waals surface area contributed by atoms with Crippen LogP contribution in [0.1, 0.15) is 11.1 Å². The summed E-state index contributed by atoms with van der Waals surface area (Å²) in [4.78, 5) is 30.5. The molecule has 2 aromatic carbocycles. The van der Waals surface area contributed by atoms with Crippen molar-refractivity contribution in [1.29, 1.82) is 0 Å². The van der Waals surface area contributed by atoms with Crippen LogP contribution in [0.5, 0.6) is 5.75 Å². The van der Waals surface area contributed by atoms with Crippen molar-refractivity contribution in [2.75, 3.05) is 7.11 Å². The van der Waals surface area contributed by atoms with Crippen molar-refractivity contribution in [3.8, 4) is 5.75 Å². The number of benzene rings is 2. The molecular weight excluding hydrogens is 354 g/mol. The molecule has 6 nitrogen and oxygen atoms in total. The summed E-state index contributed by atoms with van der Waals surface area (Å²) in [5, 5.41) is 0.418. The van der Waals surface area contributed by atoms with Gasteiger partial charge in [0.2, 0.25) is 0 Å². The third kappa shape index (κ3) is 3.32. The first-order chi connectivity index (χ1) is 13.7. The first-order valence-corrected chi connectivity index (χ1v) is 8.92. The highest BCUT2D eigenvalue weighted by Gasteiger charge is 2.14. The van der Waals surface area contributed by atoms with E-state index in [2.05, 4.69) is 4.98 Å². The van der Waals surface area contributed by atoms with Crippen LogP contribution < -0.4 is 16.0 Å². The fourth-order valence-corrected chi connectivity index (χ4v) is 3.25. The van der Waals surface area contributed by atoms with Gasteiger partial charge in [-0.05, 0) is 35.4 Å². The summed E-state index contributed by atoms with van der Waals surface area (Å²) in [5.74, 6) is 0.709. The molecule has 4 rings (SSSR count). The van der Waals surface area contributed by atoms with Crippen LogP contribution in [0.3, 0.4) is 0 Å². The molecule has 0 N–H and O–H groups in total. The van der Waals surface area contributed by atoms with E-state index in [9.17, 15) is 9.59 Å². The van der Waals surface area contributed by atoms with Crippen LogP contribution in [0.15, 0.2) is 82.5 Å². The number of methoxy groups -OCH3 is 1. The molecule has 0 spiro atoms. The van der Waals surface area contributed by atoms with Gasteiger partial charge in [-0.2, -0.15) is 0 Å². The van der Waals surface area contributed by atoms with Gasteiger partial charge in [-0.1, -0.05) is 42.5 Å². The van der Waals surface area contributed by atoms with Crippen molar-refractivity contribution in [3.63, 3.8) is 0 Å². The molecule has 0 saturated carbocycles. The molecule has 0 bridgehead atoms. The van der Waals surface area contributed by atoms with Gasteiger partial charge in [-0.3, -0.25) is 13.9 Å². The van der Waals surface area contributed by atoms with Crippen LogP contribution in [-0.2, 0) is 13.1 Å². The zero-order chi connectivity index (χ0) is 19.5. The predicted octanol–water partition coefficient (Wildman–Crippen LogP) is 2.66. The van der Waals surface area contributed by atoms with E-state index >= 15 is 0 Å². The highest BCUT2D eigenvalue weighted by Crippen LogP contribution is 2.14. The Labute approximate surface area is 161 Å². The minimum atomic E-state index is -0.386. The zero-order valence-corrected chi connectivity index (χ0v) is 15.4. The number of rotatable bonds is 5. The topological polar surface area (TPSA) is 66.1 Å². The van der Waals surface area contributed by atoms with E-state index in [-0.39, 0.29) is 17.8 Å². The summed E-state index contributed by atoms with van der Waals surface area (Å²) in [7, 11) is 1.60. The molecule has 28 heavy (non-hydrogen) atoms. The van der Waals surface area contributed by atoms with Crippen molar-refractivity contribution in [3.05, 3.63) is 105 Å². The molecule has 2 heterocycles. The second-order valence-corrected chi connectivity index (χ2v) is 6.47. The lowest BCUT2D eigenvalue weighted by Crippen LogP contribution is -2.40. The van der Waals surface area contributed by atoms with Gasteiger partial charge in [0, 0.05) is 6.20 Å². The number of pyridine rings is 1. The Morgan fingerprint density at radius 2 is 1.61 bits per heavy atom. The molecule has 0 aliphatic carbocycles. The Kier molecular flexibility index (Phi) is 4.76. The van der Waals surface area contributed by atoms with E-state index in [1.165, 1.54) is 9.13 Å². The molecule has 0 aliphatic heterocycles. The lowest BCUT2D eigenvalue weighted by molar-refractivity contribution is 0.414. The minimum Gasteiger partial charge on any atom is -0.497 e. The molecule has 140 valence electrons. The first-order valence-electron chi connectivity index (χ1n) is 8.92. The third-order valence-electron chi connectivity index (χ3n) is 4.64. The van der Waals surface area contributed by atoms with Gasteiger partial charge in [0.05, 0.1) is 25.6 Å². The lowest BCUT2D eigenvalue weighted by Gasteiger charge is -2.14. The van der Waals surface area contributed by atoms with E-state index in [4.69, 9.17) is 4.74 Å². The first kappa shape index (κ1) is 17.7. The fourth-order valence-electron chi connectivity index (χ4n) is 3.25. The predicted molar refractivity (Wildman–Crippen MR) is 108 cm³/mol. The molecular formula is C22H19N3O3. The van der Waals surface area contributed by atoms with Crippen LogP contribution in [-0.4, -0.2) is 21.2 Å². The lowest BCUT2D eigenvalue weighted by atomic mass is 10.2. The number of ether oxygens (including phenoxy) is 1. The van der Waals surface area contributed by atoms with Crippen LogP contribution >= 0.6 is 0 Å². The molecule has 0 radical (unpaired) electrons. The molecule has 0 amide bonds. The molecule has 6 heteroatoms. The average molecular weight is 373 g/mol. The van der Waals surface area contributed by atoms with Crippen molar-refractivity contribution in [1.82, 2.24) is 14.1 Å². The Morgan fingerprint density at radius 1 is 0.857 bits per heavy atom. The summed E-state index contributed by atoms with van der Waals surface area (Å²) in [5.41, 5.74) is 1.43. The fraction of sp³-hybridized carbons (Fsp3) is 0.136. The van der Waals surface area contributed by atoms with Gasteiger partial charge in [0.15, 0.2) is 0 Å². The summed E-state index contributed by atoms with van der Waals surface area (Å²) < 4.78 is 8.07. The van der Waals surface area contributed by atoms with Gasteiger partial charge in [-0.15, -0.1) is 0 Å². The highest BCUT2D eigenvalue weighted by molar-refractivity contribution is 5.73. The molecule has 0 unspecified atom stereocenters. The number of nitrogens with zero attached hydrogens (tertiary/aromatic N) is 3. The largest absolute Gasteiger partial charge is 0.497 e. The average Bonchev–Trinajstić information content (AvgIpc) is 2.75. The van der Waals surface area contributed by atoms with E-state index in [1.807, 2.05) is 54.6 Å².